The zero-order valence-corrected chi connectivity index (χ0v) is 9.82. The van der Waals surface area contributed by atoms with Crippen molar-refractivity contribution in [1.82, 2.24) is 4.90 Å². The van der Waals surface area contributed by atoms with E-state index < -0.39 is 5.60 Å². The average Bonchev–Trinajstić information content (AvgIpc) is 2.54. The lowest BCUT2D eigenvalue weighted by molar-refractivity contribution is 0.0233. The molecule has 1 heterocycles. The predicted octanol–water partition coefficient (Wildman–Crippen LogP) is 1.50. The molecule has 0 bridgehead atoms. The Kier molecular flexibility index (Phi) is 2.41. The highest BCUT2D eigenvalue weighted by Gasteiger charge is 2.57. The van der Waals surface area contributed by atoms with Crippen molar-refractivity contribution in [2.24, 2.45) is 11.8 Å². The largest absolute Gasteiger partial charge is 0.444 e. The van der Waals surface area contributed by atoms with Gasteiger partial charge >= 0.3 is 6.09 Å². The molecule has 0 spiro atoms. The second kappa shape index (κ2) is 3.37. The molecule has 4 nitrogen and oxygen atoms in total. The minimum atomic E-state index is -0.398. The Morgan fingerprint density at radius 3 is 2.20 bits per heavy atom. The van der Waals surface area contributed by atoms with E-state index in [4.69, 9.17) is 9.47 Å². The van der Waals surface area contributed by atoms with E-state index in [0.29, 0.717) is 17.9 Å². The third kappa shape index (κ3) is 2.09. The van der Waals surface area contributed by atoms with Gasteiger partial charge in [0.1, 0.15) is 5.60 Å². The van der Waals surface area contributed by atoms with Crippen LogP contribution in [-0.2, 0) is 9.47 Å². The molecule has 15 heavy (non-hydrogen) atoms. The van der Waals surface area contributed by atoms with Crippen molar-refractivity contribution in [2.45, 2.75) is 32.5 Å². The third-order valence-corrected chi connectivity index (χ3v) is 3.04. The Morgan fingerprint density at radius 1 is 1.27 bits per heavy atom. The van der Waals surface area contributed by atoms with Crippen LogP contribution < -0.4 is 0 Å². The second-order valence-corrected chi connectivity index (χ2v) is 5.41. The molecule has 1 aliphatic carbocycles. The molecule has 4 heteroatoms. The fourth-order valence-corrected chi connectivity index (χ4v) is 2.30. The van der Waals surface area contributed by atoms with Crippen LogP contribution in [0.2, 0.25) is 0 Å². The first-order valence-corrected chi connectivity index (χ1v) is 5.43. The molecule has 0 radical (unpaired) electrons. The second-order valence-electron chi connectivity index (χ2n) is 5.41. The Bertz CT molecular complexity index is 259. The summed E-state index contributed by atoms with van der Waals surface area (Å²) < 4.78 is 10.6. The number of likely N-dealkylation sites (tertiary alicyclic amines) is 1. The highest BCUT2D eigenvalue weighted by molar-refractivity contribution is 5.69. The molecule has 0 N–H and O–H groups in total. The van der Waals surface area contributed by atoms with E-state index in [1.54, 1.807) is 12.0 Å². The molecule has 2 unspecified atom stereocenters. The van der Waals surface area contributed by atoms with Gasteiger partial charge in [0.25, 0.3) is 0 Å². The summed E-state index contributed by atoms with van der Waals surface area (Å²) in [4.78, 5) is 13.5. The number of hydrogen-bond acceptors (Lipinski definition) is 3. The first-order chi connectivity index (χ1) is 6.92. The summed E-state index contributed by atoms with van der Waals surface area (Å²) in [5, 5.41) is 0. The van der Waals surface area contributed by atoms with E-state index in [1.807, 2.05) is 20.8 Å². The van der Waals surface area contributed by atoms with Gasteiger partial charge in [0.05, 0.1) is 6.10 Å². The van der Waals surface area contributed by atoms with Crippen LogP contribution in [0.1, 0.15) is 20.8 Å². The topological polar surface area (TPSA) is 38.8 Å². The Hall–Kier alpha value is -0.770. The molecule has 0 aromatic heterocycles. The molecule has 2 rings (SSSR count). The molecule has 2 aliphatic rings. The fraction of sp³-hybridized carbons (Fsp3) is 0.909. The Labute approximate surface area is 90.5 Å². The van der Waals surface area contributed by atoms with Gasteiger partial charge in [0.2, 0.25) is 0 Å². The Balaban J connectivity index is 1.82. The van der Waals surface area contributed by atoms with Crippen LogP contribution in [0.5, 0.6) is 0 Å². The molecule has 1 saturated heterocycles. The Morgan fingerprint density at radius 2 is 1.80 bits per heavy atom. The maximum Gasteiger partial charge on any atom is 0.410 e. The minimum Gasteiger partial charge on any atom is -0.444 e. The molecular weight excluding hydrogens is 194 g/mol. The van der Waals surface area contributed by atoms with Crippen LogP contribution in [-0.4, -0.2) is 42.9 Å². The number of methoxy groups -OCH3 is 1. The van der Waals surface area contributed by atoms with Crippen molar-refractivity contribution in [3.63, 3.8) is 0 Å². The standard InChI is InChI=1S/C11H19NO3/c1-11(2,3)15-10(13)12-5-7-8(6-12)9(7)14-4/h7-9H,5-6H2,1-4H3. The summed E-state index contributed by atoms with van der Waals surface area (Å²) in [6.07, 6.45) is 0.188. The van der Waals surface area contributed by atoms with Crippen molar-refractivity contribution < 1.29 is 14.3 Å². The number of ether oxygens (including phenoxy) is 2. The quantitative estimate of drug-likeness (QED) is 0.662. The molecule has 86 valence electrons. The van der Waals surface area contributed by atoms with Gasteiger partial charge in [-0.2, -0.15) is 0 Å². The summed E-state index contributed by atoms with van der Waals surface area (Å²) in [7, 11) is 1.74. The lowest BCUT2D eigenvalue weighted by Crippen LogP contribution is -2.37. The average molecular weight is 213 g/mol. The van der Waals surface area contributed by atoms with Gasteiger partial charge in [-0.05, 0) is 20.8 Å². The van der Waals surface area contributed by atoms with Crippen molar-refractivity contribution >= 4 is 6.09 Å². The van der Waals surface area contributed by atoms with Gasteiger partial charge in [-0.1, -0.05) is 0 Å². The molecule has 1 saturated carbocycles. The molecule has 2 fully saturated rings. The van der Waals surface area contributed by atoms with Crippen molar-refractivity contribution in [2.75, 3.05) is 20.2 Å². The molecule has 1 amide bonds. The lowest BCUT2D eigenvalue weighted by atomic mass is 10.2. The monoisotopic (exact) mass is 213 g/mol. The van der Waals surface area contributed by atoms with E-state index in [9.17, 15) is 4.79 Å². The van der Waals surface area contributed by atoms with Crippen molar-refractivity contribution in [1.29, 1.82) is 0 Å². The SMILES string of the molecule is COC1C2CN(C(=O)OC(C)(C)C)CC21. The maximum absolute atomic E-state index is 11.7. The van der Waals surface area contributed by atoms with Gasteiger partial charge in [-0.3, -0.25) is 0 Å². The zero-order chi connectivity index (χ0) is 11.2. The third-order valence-electron chi connectivity index (χ3n) is 3.04. The van der Waals surface area contributed by atoms with Gasteiger partial charge in [-0.25, -0.2) is 4.79 Å². The minimum absolute atomic E-state index is 0.190. The van der Waals surface area contributed by atoms with Crippen molar-refractivity contribution in [3.8, 4) is 0 Å². The van der Waals surface area contributed by atoms with Crippen LogP contribution in [0.3, 0.4) is 0 Å². The van der Waals surface area contributed by atoms with Gasteiger partial charge in [0, 0.05) is 32.0 Å². The van der Waals surface area contributed by atoms with E-state index in [2.05, 4.69) is 0 Å². The van der Waals surface area contributed by atoms with Crippen LogP contribution in [0.4, 0.5) is 4.79 Å². The van der Waals surface area contributed by atoms with E-state index >= 15 is 0 Å². The number of rotatable bonds is 1. The lowest BCUT2D eigenvalue weighted by Gasteiger charge is -2.25. The molecule has 1 aliphatic heterocycles. The van der Waals surface area contributed by atoms with Crippen LogP contribution >= 0.6 is 0 Å². The first kappa shape index (κ1) is 10.7. The number of carbonyl (C=O) groups excluding carboxylic acids is 1. The molecular formula is C11H19NO3. The highest BCUT2D eigenvalue weighted by Crippen LogP contribution is 2.47. The number of amides is 1. The fourth-order valence-electron chi connectivity index (χ4n) is 2.30. The predicted molar refractivity (Wildman–Crippen MR) is 55.6 cm³/mol. The number of fused-ring (bicyclic) bond motifs is 1. The normalized spacial score (nSPS) is 33.9. The van der Waals surface area contributed by atoms with E-state index in [1.165, 1.54) is 0 Å². The number of nitrogens with zero attached hydrogens (tertiary/aromatic N) is 1. The van der Waals surface area contributed by atoms with Gasteiger partial charge in [-0.15, -0.1) is 0 Å². The number of carbonyl (C=O) groups is 1. The van der Waals surface area contributed by atoms with Crippen LogP contribution in [0.25, 0.3) is 0 Å². The number of piperidine rings is 1. The summed E-state index contributed by atoms with van der Waals surface area (Å²) in [6.45, 7) is 7.25. The van der Waals surface area contributed by atoms with Gasteiger partial charge in [0.15, 0.2) is 0 Å². The highest BCUT2D eigenvalue weighted by atomic mass is 16.6. The summed E-state index contributed by atoms with van der Waals surface area (Å²) >= 11 is 0. The number of hydrogen-bond donors (Lipinski definition) is 0. The van der Waals surface area contributed by atoms with E-state index in [-0.39, 0.29) is 6.09 Å². The van der Waals surface area contributed by atoms with Crippen LogP contribution in [0, 0.1) is 11.8 Å². The summed E-state index contributed by atoms with van der Waals surface area (Å²) in [5.41, 5.74) is -0.398. The first-order valence-electron chi connectivity index (χ1n) is 5.43. The van der Waals surface area contributed by atoms with E-state index in [0.717, 1.165) is 13.1 Å². The maximum atomic E-state index is 11.7. The summed E-state index contributed by atoms with van der Waals surface area (Å²) in [5.74, 6) is 1.09. The van der Waals surface area contributed by atoms with Crippen molar-refractivity contribution in [3.05, 3.63) is 0 Å². The van der Waals surface area contributed by atoms with Crippen LogP contribution in [0.15, 0.2) is 0 Å². The molecule has 0 aromatic carbocycles. The zero-order valence-electron chi connectivity index (χ0n) is 9.82. The summed E-state index contributed by atoms with van der Waals surface area (Å²) in [6, 6.07) is 0. The van der Waals surface area contributed by atoms with Gasteiger partial charge < -0.3 is 14.4 Å². The molecule has 2 atom stereocenters. The smallest absolute Gasteiger partial charge is 0.410 e. The molecule has 0 aromatic rings.